The summed E-state index contributed by atoms with van der Waals surface area (Å²) in [5.41, 5.74) is -0.713. The van der Waals surface area contributed by atoms with Gasteiger partial charge in [0.15, 0.2) is 0 Å². The number of rotatable bonds is 12. The number of carbonyl (C=O) groups is 3. The SMILES string of the molecule is CCCN(CCC)CCCN1C(=O)[C@H]2[C@@H](C(=O)Nc3cc(Cl)cc(Cl)c3)[C@H]3C=C[C@@]2(O3)[C@@H]1C(=O)NC1CCCCC1. The van der Waals surface area contributed by atoms with Crippen molar-refractivity contribution in [2.24, 2.45) is 11.8 Å². The first-order valence-corrected chi connectivity index (χ1v) is 16.0. The van der Waals surface area contributed by atoms with Crippen molar-refractivity contribution in [1.29, 1.82) is 0 Å². The summed E-state index contributed by atoms with van der Waals surface area (Å²) in [5, 5.41) is 6.94. The molecule has 224 valence electrons. The Hall–Kier alpha value is -2.13. The van der Waals surface area contributed by atoms with Crippen molar-refractivity contribution in [3.05, 3.63) is 40.4 Å². The highest BCUT2D eigenvalue weighted by Gasteiger charge is 2.72. The minimum atomic E-state index is -1.17. The lowest BCUT2D eigenvalue weighted by molar-refractivity contribution is -0.141. The first kappa shape index (κ1) is 30.3. The number of benzene rings is 1. The van der Waals surface area contributed by atoms with Gasteiger partial charge in [-0.1, -0.05) is 68.5 Å². The number of carbonyl (C=O) groups excluding carboxylic acids is 3. The number of hydrogen-bond acceptors (Lipinski definition) is 5. The summed E-state index contributed by atoms with van der Waals surface area (Å²) < 4.78 is 6.47. The lowest BCUT2D eigenvalue weighted by atomic mass is 9.74. The molecule has 41 heavy (non-hydrogen) atoms. The van der Waals surface area contributed by atoms with Gasteiger partial charge in [-0.15, -0.1) is 0 Å². The highest BCUT2D eigenvalue weighted by atomic mass is 35.5. The Morgan fingerprint density at radius 1 is 1.02 bits per heavy atom. The zero-order chi connectivity index (χ0) is 29.1. The van der Waals surface area contributed by atoms with E-state index >= 15 is 0 Å². The van der Waals surface area contributed by atoms with Gasteiger partial charge < -0.3 is 25.2 Å². The molecule has 3 amide bonds. The normalized spacial score (nSPS) is 28.9. The maximum Gasteiger partial charge on any atom is 0.246 e. The van der Waals surface area contributed by atoms with Gasteiger partial charge in [0, 0.05) is 28.3 Å². The molecule has 1 aliphatic carbocycles. The molecule has 1 aromatic carbocycles. The number of fused-ring (bicyclic) bond motifs is 1. The van der Waals surface area contributed by atoms with Crippen LogP contribution in [0, 0.1) is 11.8 Å². The van der Waals surface area contributed by atoms with Crippen molar-refractivity contribution in [3.8, 4) is 0 Å². The molecule has 0 unspecified atom stereocenters. The topological polar surface area (TPSA) is 91.0 Å². The summed E-state index contributed by atoms with van der Waals surface area (Å²) in [5.74, 6) is -2.26. The molecule has 0 radical (unpaired) electrons. The molecule has 5 rings (SSSR count). The lowest BCUT2D eigenvalue weighted by Crippen LogP contribution is -2.56. The molecule has 2 bridgehead atoms. The van der Waals surface area contributed by atoms with E-state index < -0.39 is 29.6 Å². The van der Waals surface area contributed by atoms with Gasteiger partial charge in [0.25, 0.3) is 0 Å². The Balaban J connectivity index is 1.39. The van der Waals surface area contributed by atoms with Gasteiger partial charge in [-0.2, -0.15) is 0 Å². The second-order valence-corrected chi connectivity index (χ2v) is 12.8. The Bertz CT molecular complexity index is 1150. The number of anilines is 1. The van der Waals surface area contributed by atoms with E-state index in [0.29, 0.717) is 22.3 Å². The molecule has 0 aromatic heterocycles. The number of likely N-dealkylation sites (tertiary alicyclic amines) is 1. The summed E-state index contributed by atoms with van der Waals surface area (Å²) >= 11 is 12.3. The maximum absolute atomic E-state index is 14.2. The van der Waals surface area contributed by atoms with E-state index in [-0.39, 0.29) is 23.8 Å². The standard InChI is InChI=1S/C31H42Cl2N4O4/c1-3-13-36(14-4-2)15-8-16-37-27(29(39)34-22-9-6-5-7-10-22)31-12-11-24(41-31)25(26(31)30(37)40)28(38)35-23-18-20(32)17-21(33)19-23/h11-12,17-19,22,24-27H,3-10,13-16H2,1-2H3,(H,34,39)(H,35,38)/t24-,25+,26-,27+,31+/m1/s1. The third-order valence-electron chi connectivity index (χ3n) is 8.96. The third-order valence-corrected chi connectivity index (χ3v) is 9.40. The van der Waals surface area contributed by atoms with E-state index in [9.17, 15) is 14.4 Å². The van der Waals surface area contributed by atoms with Crippen molar-refractivity contribution in [2.75, 3.05) is 31.5 Å². The molecule has 3 aliphatic heterocycles. The maximum atomic E-state index is 14.2. The second-order valence-electron chi connectivity index (χ2n) is 11.9. The second kappa shape index (κ2) is 13.0. The van der Waals surface area contributed by atoms with Crippen molar-refractivity contribution in [1.82, 2.24) is 15.1 Å². The molecule has 8 nitrogen and oxygen atoms in total. The molecular formula is C31H42Cl2N4O4. The molecule has 5 atom stereocenters. The number of nitrogens with one attached hydrogen (secondary N) is 2. The quantitative estimate of drug-likeness (QED) is 0.326. The molecule has 2 saturated heterocycles. The summed E-state index contributed by atoms with van der Waals surface area (Å²) in [4.78, 5) is 45.9. The predicted octanol–water partition coefficient (Wildman–Crippen LogP) is 5.04. The summed E-state index contributed by atoms with van der Waals surface area (Å²) in [6.45, 7) is 7.62. The van der Waals surface area contributed by atoms with E-state index in [1.165, 1.54) is 6.42 Å². The molecule has 1 spiro atoms. The van der Waals surface area contributed by atoms with Crippen LogP contribution in [0.3, 0.4) is 0 Å². The van der Waals surface area contributed by atoms with Gasteiger partial charge in [-0.25, -0.2) is 0 Å². The lowest BCUT2D eigenvalue weighted by Gasteiger charge is -2.34. The smallest absolute Gasteiger partial charge is 0.246 e. The fraction of sp³-hybridized carbons (Fsp3) is 0.645. The summed E-state index contributed by atoms with van der Waals surface area (Å²) in [6, 6.07) is 4.11. The van der Waals surface area contributed by atoms with E-state index in [4.69, 9.17) is 27.9 Å². The van der Waals surface area contributed by atoms with Gasteiger partial charge in [0.05, 0.1) is 17.9 Å². The molecule has 10 heteroatoms. The third kappa shape index (κ3) is 6.17. The minimum absolute atomic E-state index is 0.0995. The molecule has 3 fully saturated rings. The van der Waals surface area contributed by atoms with E-state index in [1.54, 1.807) is 23.1 Å². The van der Waals surface area contributed by atoms with Gasteiger partial charge in [-0.05, 0) is 69.9 Å². The number of halogens is 2. The van der Waals surface area contributed by atoms with Crippen molar-refractivity contribution in [3.63, 3.8) is 0 Å². The van der Waals surface area contributed by atoms with Crippen LogP contribution in [0.25, 0.3) is 0 Å². The average Bonchev–Trinajstić information content (AvgIpc) is 3.56. The Kier molecular flexibility index (Phi) is 9.64. The molecule has 4 aliphatic rings. The molecule has 1 aromatic rings. The Labute approximate surface area is 253 Å². The highest BCUT2D eigenvalue weighted by Crippen LogP contribution is 2.55. The minimum Gasteiger partial charge on any atom is -0.359 e. The first-order chi connectivity index (χ1) is 19.8. The van der Waals surface area contributed by atoms with Crippen LogP contribution in [0.5, 0.6) is 0 Å². The Morgan fingerprint density at radius 3 is 2.37 bits per heavy atom. The average molecular weight is 606 g/mol. The van der Waals surface area contributed by atoms with Gasteiger partial charge >= 0.3 is 0 Å². The predicted molar refractivity (Wildman–Crippen MR) is 161 cm³/mol. The van der Waals surface area contributed by atoms with E-state index in [2.05, 4.69) is 29.4 Å². The van der Waals surface area contributed by atoms with Gasteiger partial charge in [0.2, 0.25) is 17.7 Å². The van der Waals surface area contributed by atoms with Crippen LogP contribution in [0.2, 0.25) is 10.0 Å². The number of hydrogen-bond donors (Lipinski definition) is 2. The fourth-order valence-electron chi connectivity index (χ4n) is 7.32. The van der Waals surface area contributed by atoms with Crippen LogP contribution in [0.1, 0.15) is 65.2 Å². The Morgan fingerprint density at radius 2 is 1.71 bits per heavy atom. The highest BCUT2D eigenvalue weighted by molar-refractivity contribution is 6.35. The fourth-order valence-corrected chi connectivity index (χ4v) is 7.85. The van der Waals surface area contributed by atoms with E-state index in [0.717, 1.165) is 64.6 Å². The van der Waals surface area contributed by atoms with Crippen molar-refractivity contribution < 1.29 is 19.1 Å². The molecule has 1 saturated carbocycles. The van der Waals surface area contributed by atoms with Crippen molar-refractivity contribution >= 4 is 46.6 Å². The van der Waals surface area contributed by atoms with Crippen LogP contribution in [-0.2, 0) is 19.1 Å². The number of amides is 3. The van der Waals surface area contributed by atoms with Crippen LogP contribution >= 0.6 is 23.2 Å². The van der Waals surface area contributed by atoms with Crippen molar-refractivity contribution in [2.45, 2.75) is 89.0 Å². The first-order valence-electron chi connectivity index (χ1n) is 15.2. The van der Waals surface area contributed by atoms with Gasteiger partial charge in [-0.3, -0.25) is 14.4 Å². The monoisotopic (exact) mass is 604 g/mol. The van der Waals surface area contributed by atoms with Crippen LogP contribution in [0.4, 0.5) is 5.69 Å². The van der Waals surface area contributed by atoms with Gasteiger partial charge in [0.1, 0.15) is 11.6 Å². The van der Waals surface area contributed by atoms with E-state index in [1.807, 2.05) is 12.2 Å². The van der Waals surface area contributed by atoms with Crippen LogP contribution in [0.15, 0.2) is 30.4 Å². The number of ether oxygens (including phenoxy) is 1. The van der Waals surface area contributed by atoms with Crippen LogP contribution in [-0.4, -0.2) is 77.5 Å². The number of nitrogens with zero attached hydrogens (tertiary/aromatic N) is 2. The summed E-state index contributed by atoms with van der Waals surface area (Å²) in [7, 11) is 0. The molecule has 2 N–H and O–H groups in total. The van der Waals surface area contributed by atoms with Crippen LogP contribution < -0.4 is 10.6 Å². The zero-order valence-electron chi connectivity index (χ0n) is 24.0. The summed E-state index contributed by atoms with van der Waals surface area (Å²) in [6.07, 6.45) is 11.2. The zero-order valence-corrected chi connectivity index (χ0v) is 25.6. The molecular weight excluding hydrogens is 563 g/mol. The molecule has 3 heterocycles. The largest absolute Gasteiger partial charge is 0.359 e.